The third-order valence-electron chi connectivity index (χ3n) is 4.65. The van der Waals surface area contributed by atoms with E-state index in [0.29, 0.717) is 11.1 Å². The molecule has 5 heteroatoms. The molecule has 0 spiro atoms. The van der Waals surface area contributed by atoms with Crippen LogP contribution in [0.15, 0.2) is 48.5 Å². The number of para-hydroxylation sites is 1. The largest absolute Gasteiger partial charge is 0.334 e. The Morgan fingerprint density at radius 1 is 0.846 bits per heavy atom. The van der Waals surface area contributed by atoms with Gasteiger partial charge in [0.2, 0.25) is 0 Å². The van der Waals surface area contributed by atoms with Gasteiger partial charge in [0.15, 0.2) is 6.17 Å². The van der Waals surface area contributed by atoms with Crippen LogP contribution in [0, 0.1) is 24.7 Å². The molecule has 5 nitrogen and oxygen atoms in total. The second kappa shape index (κ2) is 5.98. The maximum absolute atomic E-state index is 13.2. The van der Waals surface area contributed by atoms with Crippen LogP contribution in [0.2, 0.25) is 0 Å². The number of hydrazine groups is 1. The normalized spacial score (nSPS) is 17.8. The Morgan fingerprint density at radius 3 is 2.23 bits per heavy atom. The van der Waals surface area contributed by atoms with E-state index in [2.05, 4.69) is 11.8 Å². The first-order chi connectivity index (χ1) is 12.7. The van der Waals surface area contributed by atoms with Crippen LogP contribution in [-0.4, -0.2) is 34.9 Å². The first-order valence-electron chi connectivity index (χ1n) is 8.16. The number of benzene rings is 2. The maximum atomic E-state index is 13.2. The zero-order chi connectivity index (χ0) is 18.3. The number of anilines is 1. The fourth-order valence-corrected chi connectivity index (χ4v) is 3.60. The third kappa shape index (κ3) is 2.08. The Morgan fingerprint density at radius 2 is 1.50 bits per heavy atom. The van der Waals surface area contributed by atoms with Crippen LogP contribution in [0.1, 0.15) is 32.4 Å². The Kier molecular flexibility index (Phi) is 3.64. The number of nitrogens with zero attached hydrogens (tertiary/aromatic N) is 3. The van der Waals surface area contributed by atoms with Gasteiger partial charge in [-0.2, -0.15) is 0 Å². The predicted octanol–water partition coefficient (Wildman–Crippen LogP) is 2.28. The SMILES string of the molecule is C#CCN1c2ccccc2C(=O)N2[C@H]1c1ccccc1C(=O)N2CC#C. The molecule has 1 atom stereocenters. The lowest BCUT2D eigenvalue weighted by molar-refractivity contribution is -0.0273. The summed E-state index contributed by atoms with van der Waals surface area (Å²) in [5, 5.41) is 2.76. The molecule has 26 heavy (non-hydrogen) atoms. The van der Waals surface area contributed by atoms with Crippen LogP contribution in [0.25, 0.3) is 0 Å². The van der Waals surface area contributed by atoms with Gasteiger partial charge < -0.3 is 4.90 Å². The first kappa shape index (κ1) is 15.8. The molecule has 2 aromatic rings. The minimum absolute atomic E-state index is 0.00146. The number of amides is 2. The van der Waals surface area contributed by atoms with Crippen molar-refractivity contribution < 1.29 is 9.59 Å². The molecule has 0 saturated carbocycles. The minimum atomic E-state index is -0.518. The maximum Gasteiger partial charge on any atom is 0.276 e. The molecule has 0 unspecified atom stereocenters. The molecule has 0 aliphatic carbocycles. The fraction of sp³-hybridized carbons (Fsp3) is 0.143. The van der Waals surface area contributed by atoms with E-state index in [0.717, 1.165) is 11.3 Å². The van der Waals surface area contributed by atoms with Gasteiger partial charge in [-0.3, -0.25) is 9.59 Å². The van der Waals surface area contributed by atoms with Crippen molar-refractivity contribution in [1.82, 2.24) is 10.0 Å². The van der Waals surface area contributed by atoms with E-state index in [4.69, 9.17) is 12.8 Å². The number of terminal acetylenes is 2. The van der Waals surface area contributed by atoms with Crippen molar-refractivity contribution in [3.63, 3.8) is 0 Å². The van der Waals surface area contributed by atoms with Crippen LogP contribution in [0.5, 0.6) is 0 Å². The fourth-order valence-electron chi connectivity index (χ4n) is 3.60. The number of rotatable bonds is 2. The van der Waals surface area contributed by atoms with Crippen LogP contribution < -0.4 is 4.90 Å². The van der Waals surface area contributed by atoms with Crippen LogP contribution in [0.3, 0.4) is 0 Å². The Balaban J connectivity index is 2.00. The molecule has 2 amide bonds. The number of fused-ring (bicyclic) bond motifs is 4. The smallest absolute Gasteiger partial charge is 0.276 e. The Labute approximate surface area is 151 Å². The molecular weight excluding hydrogens is 326 g/mol. The lowest BCUT2D eigenvalue weighted by Crippen LogP contribution is -2.61. The molecule has 2 aromatic carbocycles. The highest BCUT2D eigenvalue weighted by molar-refractivity contribution is 6.06. The average Bonchev–Trinajstić information content (AvgIpc) is 2.67. The third-order valence-corrected chi connectivity index (χ3v) is 4.65. The van der Waals surface area contributed by atoms with Crippen molar-refractivity contribution in [3.8, 4) is 24.7 Å². The summed E-state index contributed by atoms with van der Waals surface area (Å²) in [5.41, 5.74) is 2.51. The van der Waals surface area contributed by atoms with E-state index < -0.39 is 6.17 Å². The summed E-state index contributed by atoms with van der Waals surface area (Å²) in [5.74, 6) is 4.58. The molecule has 2 heterocycles. The molecule has 0 saturated heterocycles. The number of hydrogen-bond acceptors (Lipinski definition) is 3. The van der Waals surface area contributed by atoms with Gasteiger partial charge in [0.1, 0.15) is 6.54 Å². The summed E-state index contributed by atoms with van der Waals surface area (Å²) < 4.78 is 0. The van der Waals surface area contributed by atoms with Crippen molar-refractivity contribution in [2.45, 2.75) is 6.17 Å². The molecule has 2 aliphatic heterocycles. The van der Waals surface area contributed by atoms with Crippen LogP contribution in [-0.2, 0) is 0 Å². The molecular formula is C21H15N3O2. The molecule has 126 valence electrons. The van der Waals surface area contributed by atoms with Crippen molar-refractivity contribution in [1.29, 1.82) is 0 Å². The van der Waals surface area contributed by atoms with E-state index in [1.54, 1.807) is 24.3 Å². The van der Waals surface area contributed by atoms with E-state index >= 15 is 0 Å². The highest BCUT2D eigenvalue weighted by Gasteiger charge is 2.47. The molecule has 2 aliphatic rings. The molecule has 0 bridgehead atoms. The van der Waals surface area contributed by atoms with Crippen molar-refractivity contribution in [3.05, 3.63) is 65.2 Å². The average molecular weight is 341 g/mol. The van der Waals surface area contributed by atoms with Gasteiger partial charge in [0, 0.05) is 11.1 Å². The molecule has 4 rings (SSSR count). The summed E-state index contributed by atoms with van der Waals surface area (Å²) in [7, 11) is 0. The van der Waals surface area contributed by atoms with Gasteiger partial charge >= 0.3 is 0 Å². The highest BCUT2D eigenvalue weighted by atomic mass is 16.2. The van der Waals surface area contributed by atoms with E-state index in [1.165, 1.54) is 10.0 Å². The van der Waals surface area contributed by atoms with Gasteiger partial charge in [-0.05, 0) is 18.2 Å². The van der Waals surface area contributed by atoms with Gasteiger partial charge in [0.25, 0.3) is 11.8 Å². The standard InChI is InChI=1S/C21H15N3O2/c1-3-13-22-18-12-8-7-11-17(18)21(26)24-19(22)15-9-5-6-10-16(15)20(25)23(24)14-4-2/h1-2,5-12,19H,13-14H2/t19-/m0/s1. The van der Waals surface area contributed by atoms with Crippen molar-refractivity contribution >= 4 is 17.5 Å². The Hall–Kier alpha value is -3.70. The van der Waals surface area contributed by atoms with Gasteiger partial charge in [-0.25, -0.2) is 10.0 Å². The van der Waals surface area contributed by atoms with E-state index in [9.17, 15) is 9.59 Å². The topological polar surface area (TPSA) is 43.9 Å². The van der Waals surface area contributed by atoms with E-state index in [-0.39, 0.29) is 24.9 Å². The Bertz CT molecular complexity index is 999. The second-order valence-electron chi connectivity index (χ2n) is 6.03. The molecule has 0 N–H and O–H groups in total. The van der Waals surface area contributed by atoms with Crippen LogP contribution >= 0.6 is 0 Å². The van der Waals surface area contributed by atoms with Crippen molar-refractivity contribution in [2.75, 3.05) is 18.0 Å². The molecule has 0 radical (unpaired) electrons. The van der Waals surface area contributed by atoms with E-state index in [1.807, 2.05) is 29.2 Å². The van der Waals surface area contributed by atoms with Crippen LogP contribution in [0.4, 0.5) is 5.69 Å². The molecule has 0 fully saturated rings. The number of carbonyl (C=O) groups is 2. The monoisotopic (exact) mass is 341 g/mol. The highest BCUT2D eigenvalue weighted by Crippen LogP contribution is 2.43. The zero-order valence-corrected chi connectivity index (χ0v) is 13.9. The van der Waals surface area contributed by atoms with Gasteiger partial charge in [-0.1, -0.05) is 42.2 Å². The first-order valence-corrected chi connectivity index (χ1v) is 8.16. The molecule has 0 aromatic heterocycles. The summed E-state index contributed by atoms with van der Waals surface area (Å²) in [6.07, 6.45) is 10.6. The number of carbonyl (C=O) groups excluding carboxylic acids is 2. The summed E-state index contributed by atoms with van der Waals surface area (Å²) in [6.45, 7) is 0.291. The van der Waals surface area contributed by atoms with Crippen molar-refractivity contribution in [2.24, 2.45) is 0 Å². The summed E-state index contributed by atoms with van der Waals surface area (Å²) in [6, 6.07) is 14.5. The zero-order valence-electron chi connectivity index (χ0n) is 13.9. The van der Waals surface area contributed by atoms with Gasteiger partial charge in [0.05, 0.1) is 17.8 Å². The lowest BCUT2D eigenvalue weighted by atomic mass is 9.95. The quantitative estimate of drug-likeness (QED) is 0.787. The summed E-state index contributed by atoms with van der Waals surface area (Å²) in [4.78, 5) is 28.1. The minimum Gasteiger partial charge on any atom is -0.334 e. The summed E-state index contributed by atoms with van der Waals surface area (Å²) >= 11 is 0. The number of hydrogen-bond donors (Lipinski definition) is 0. The second-order valence-corrected chi connectivity index (χ2v) is 6.03. The lowest BCUT2D eigenvalue weighted by Gasteiger charge is -2.51. The van der Waals surface area contributed by atoms with Gasteiger partial charge in [-0.15, -0.1) is 12.8 Å². The predicted molar refractivity (Wildman–Crippen MR) is 97.8 cm³/mol.